The number of carbonyl (C=O) groups excluding carboxylic acids is 1. The van der Waals surface area contributed by atoms with Gasteiger partial charge in [-0.3, -0.25) is 4.79 Å². The zero-order valence-electron chi connectivity index (χ0n) is 10.6. The Bertz CT molecular complexity index is 691. The van der Waals surface area contributed by atoms with Gasteiger partial charge in [-0.15, -0.1) is 0 Å². The second kappa shape index (κ2) is 6.56. The highest BCUT2D eigenvalue weighted by Gasteiger charge is 2.25. The molecule has 0 saturated heterocycles. The second-order valence-corrected chi connectivity index (χ2v) is 4.87. The summed E-state index contributed by atoms with van der Waals surface area (Å²) in [6.07, 6.45) is 1.43. The van der Waals surface area contributed by atoms with Crippen molar-refractivity contribution in [3.63, 3.8) is 0 Å². The molecule has 108 valence electrons. The number of halogens is 2. The van der Waals surface area contributed by atoms with Crippen molar-refractivity contribution >= 4 is 35.1 Å². The van der Waals surface area contributed by atoms with Gasteiger partial charge in [0.05, 0.1) is 5.56 Å². The number of carbonyl (C=O) groups is 2. The Labute approximate surface area is 130 Å². The molecular weight excluding hydrogens is 315 g/mol. The van der Waals surface area contributed by atoms with Crippen LogP contribution in [-0.2, 0) is 4.79 Å². The van der Waals surface area contributed by atoms with E-state index < -0.39 is 17.9 Å². The van der Waals surface area contributed by atoms with Crippen molar-refractivity contribution in [3.05, 3.63) is 63.9 Å². The molecule has 0 spiro atoms. The largest absolute Gasteiger partial charge is 0.479 e. The van der Waals surface area contributed by atoms with Crippen LogP contribution in [0.1, 0.15) is 22.0 Å². The average molecular weight is 325 g/mol. The molecule has 0 unspecified atom stereocenters. The number of rotatable bonds is 4. The van der Waals surface area contributed by atoms with E-state index in [-0.39, 0.29) is 15.7 Å². The number of nitrogens with one attached hydrogen (secondary N) is 1. The van der Waals surface area contributed by atoms with Crippen LogP contribution < -0.4 is 5.32 Å². The van der Waals surface area contributed by atoms with Crippen LogP contribution in [0.15, 0.2) is 42.6 Å². The minimum atomic E-state index is -1.28. The van der Waals surface area contributed by atoms with Gasteiger partial charge in [0.25, 0.3) is 5.91 Å². The normalized spacial score (nSPS) is 11.7. The lowest BCUT2D eigenvalue weighted by Gasteiger charge is -2.16. The highest BCUT2D eigenvalue weighted by molar-refractivity contribution is 6.33. The molecule has 0 aliphatic rings. The molecule has 0 fully saturated rings. The van der Waals surface area contributed by atoms with Gasteiger partial charge in [0.1, 0.15) is 5.15 Å². The van der Waals surface area contributed by atoms with Crippen molar-refractivity contribution in [1.29, 1.82) is 0 Å². The lowest BCUT2D eigenvalue weighted by Crippen LogP contribution is -2.34. The van der Waals surface area contributed by atoms with Crippen molar-refractivity contribution in [3.8, 4) is 0 Å². The van der Waals surface area contributed by atoms with Crippen molar-refractivity contribution in [2.75, 3.05) is 0 Å². The maximum absolute atomic E-state index is 12.1. The Morgan fingerprint density at radius 3 is 2.48 bits per heavy atom. The summed E-state index contributed by atoms with van der Waals surface area (Å²) in [5, 5.41) is 11.9. The van der Waals surface area contributed by atoms with E-state index in [2.05, 4.69) is 10.3 Å². The first-order chi connectivity index (χ1) is 10.0. The van der Waals surface area contributed by atoms with E-state index in [1.807, 2.05) is 0 Å². The Balaban J connectivity index is 2.30. The number of amides is 1. The molecule has 2 rings (SSSR count). The first-order valence-electron chi connectivity index (χ1n) is 5.89. The number of aromatic nitrogens is 1. The first-order valence-corrected chi connectivity index (χ1v) is 6.65. The summed E-state index contributed by atoms with van der Waals surface area (Å²) in [4.78, 5) is 27.3. The molecule has 5 nitrogen and oxygen atoms in total. The van der Waals surface area contributed by atoms with E-state index in [4.69, 9.17) is 23.2 Å². The molecule has 0 aliphatic carbocycles. The van der Waals surface area contributed by atoms with Crippen LogP contribution in [0.3, 0.4) is 0 Å². The molecule has 2 aromatic rings. The summed E-state index contributed by atoms with van der Waals surface area (Å²) < 4.78 is 0. The number of pyridine rings is 1. The third-order valence-corrected chi connectivity index (χ3v) is 3.39. The third-order valence-electron chi connectivity index (χ3n) is 2.74. The molecule has 2 N–H and O–H groups in total. The number of hydrogen-bond donors (Lipinski definition) is 2. The third kappa shape index (κ3) is 3.51. The molecular formula is C14H10Cl2N2O3. The van der Waals surface area contributed by atoms with Gasteiger partial charge in [-0.1, -0.05) is 41.4 Å². The lowest BCUT2D eigenvalue weighted by atomic mass is 10.1. The summed E-state index contributed by atoms with van der Waals surface area (Å²) >= 11 is 11.8. The summed E-state index contributed by atoms with van der Waals surface area (Å²) in [5.74, 6) is -1.86. The minimum Gasteiger partial charge on any atom is -0.479 e. The topological polar surface area (TPSA) is 79.3 Å². The molecule has 0 saturated carbocycles. The Kier molecular flexibility index (Phi) is 4.77. The fourth-order valence-electron chi connectivity index (χ4n) is 1.75. The van der Waals surface area contributed by atoms with Crippen molar-refractivity contribution < 1.29 is 14.7 Å². The van der Waals surface area contributed by atoms with Crippen LogP contribution in [0, 0.1) is 0 Å². The summed E-state index contributed by atoms with van der Waals surface area (Å²) in [7, 11) is 0. The highest BCUT2D eigenvalue weighted by atomic mass is 35.5. The molecule has 1 atom stereocenters. The number of aliphatic carboxylic acids is 1. The van der Waals surface area contributed by atoms with Crippen LogP contribution in [0.25, 0.3) is 0 Å². The molecule has 1 aromatic carbocycles. The number of hydrogen-bond acceptors (Lipinski definition) is 3. The predicted molar refractivity (Wildman–Crippen MR) is 78.5 cm³/mol. The first kappa shape index (κ1) is 15.3. The molecule has 0 radical (unpaired) electrons. The number of carboxylic acids is 1. The maximum Gasteiger partial charge on any atom is 0.330 e. The molecule has 1 heterocycles. The van der Waals surface area contributed by atoms with Crippen LogP contribution >= 0.6 is 23.2 Å². The SMILES string of the molecule is O=C(N[C@@H](C(=O)O)c1ccccc1Cl)c1cccnc1Cl. The molecule has 7 heteroatoms. The molecule has 0 aliphatic heterocycles. The number of benzene rings is 1. The standard InChI is InChI=1S/C14H10Cl2N2O3/c15-10-6-2-1-4-8(10)11(14(20)21)18-13(19)9-5-3-7-17-12(9)16/h1-7,11H,(H,18,19)(H,20,21)/t11-/m1/s1. The van der Waals surface area contributed by atoms with E-state index in [0.717, 1.165) is 0 Å². The average Bonchev–Trinajstić information content (AvgIpc) is 2.45. The summed E-state index contributed by atoms with van der Waals surface area (Å²) in [6.45, 7) is 0. The van der Waals surface area contributed by atoms with Crippen LogP contribution in [-0.4, -0.2) is 22.0 Å². The smallest absolute Gasteiger partial charge is 0.330 e. The quantitative estimate of drug-likeness (QED) is 0.847. The van der Waals surface area contributed by atoms with E-state index in [1.165, 1.54) is 24.4 Å². The maximum atomic E-state index is 12.1. The molecule has 1 aromatic heterocycles. The summed E-state index contributed by atoms with van der Waals surface area (Å²) in [5.41, 5.74) is 0.387. The van der Waals surface area contributed by atoms with E-state index in [0.29, 0.717) is 5.56 Å². The predicted octanol–water partition coefficient (Wildman–Crippen LogP) is 2.94. The van der Waals surface area contributed by atoms with Crippen molar-refractivity contribution in [1.82, 2.24) is 10.3 Å². The van der Waals surface area contributed by atoms with Gasteiger partial charge in [-0.25, -0.2) is 9.78 Å². The highest BCUT2D eigenvalue weighted by Crippen LogP contribution is 2.23. The fraction of sp³-hybridized carbons (Fsp3) is 0.0714. The van der Waals surface area contributed by atoms with Crippen LogP contribution in [0.2, 0.25) is 10.2 Å². The molecule has 21 heavy (non-hydrogen) atoms. The molecule has 1 amide bonds. The monoisotopic (exact) mass is 324 g/mol. The van der Waals surface area contributed by atoms with Gasteiger partial charge < -0.3 is 10.4 Å². The minimum absolute atomic E-state index is 0.00158. The summed E-state index contributed by atoms with van der Waals surface area (Å²) in [6, 6.07) is 8.11. The van der Waals surface area contributed by atoms with E-state index in [9.17, 15) is 14.7 Å². The number of carboxylic acid groups (broad SMARTS) is 1. The van der Waals surface area contributed by atoms with Gasteiger partial charge in [0, 0.05) is 16.8 Å². The Morgan fingerprint density at radius 2 is 1.86 bits per heavy atom. The Hall–Kier alpha value is -2.11. The van der Waals surface area contributed by atoms with Gasteiger partial charge in [-0.2, -0.15) is 0 Å². The zero-order valence-corrected chi connectivity index (χ0v) is 12.1. The van der Waals surface area contributed by atoms with E-state index >= 15 is 0 Å². The zero-order chi connectivity index (χ0) is 15.4. The Morgan fingerprint density at radius 1 is 1.14 bits per heavy atom. The van der Waals surface area contributed by atoms with Gasteiger partial charge in [0.15, 0.2) is 6.04 Å². The van der Waals surface area contributed by atoms with Crippen LogP contribution in [0.5, 0.6) is 0 Å². The van der Waals surface area contributed by atoms with Crippen molar-refractivity contribution in [2.45, 2.75) is 6.04 Å². The van der Waals surface area contributed by atoms with Gasteiger partial charge >= 0.3 is 5.97 Å². The van der Waals surface area contributed by atoms with Crippen molar-refractivity contribution in [2.24, 2.45) is 0 Å². The van der Waals surface area contributed by atoms with Gasteiger partial charge in [-0.05, 0) is 18.2 Å². The van der Waals surface area contributed by atoms with Crippen LogP contribution in [0.4, 0.5) is 0 Å². The molecule has 0 bridgehead atoms. The number of nitrogens with zero attached hydrogens (tertiary/aromatic N) is 1. The second-order valence-electron chi connectivity index (χ2n) is 4.11. The lowest BCUT2D eigenvalue weighted by molar-refractivity contribution is -0.139. The van der Waals surface area contributed by atoms with Gasteiger partial charge in [0.2, 0.25) is 0 Å². The fourth-order valence-corrected chi connectivity index (χ4v) is 2.20. The van der Waals surface area contributed by atoms with E-state index in [1.54, 1.807) is 18.2 Å².